The highest BCUT2D eigenvalue weighted by atomic mass is 32.2. The van der Waals surface area contributed by atoms with Crippen LogP contribution in [-0.2, 0) is 26.1 Å². The van der Waals surface area contributed by atoms with E-state index in [2.05, 4.69) is 5.32 Å². The molecule has 1 N–H and O–H groups in total. The average molecular weight is 540 g/mol. The third kappa shape index (κ3) is 5.26. The van der Waals surface area contributed by atoms with Crippen molar-refractivity contribution in [3.63, 3.8) is 0 Å². The van der Waals surface area contributed by atoms with Crippen molar-refractivity contribution in [1.29, 1.82) is 0 Å². The van der Waals surface area contributed by atoms with Crippen LogP contribution < -0.4 is 15.0 Å². The molecule has 198 valence electrons. The molecule has 5 rings (SSSR count). The van der Waals surface area contributed by atoms with Gasteiger partial charge in [0.25, 0.3) is 11.8 Å². The van der Waals surface area contributed by atoms with Gasteiger partial charge >= 0.3 is 0 Å². The number of halogens is 1. The minimum atomic E-state index is -3.67. The van der Waals surface area contributed by atoms with Crippen LogP contribution in [0.5, 0.6) is 5.75 Å². The zero-order chi connectivity index (χ0) is 26.9. The summed E-state index contributed by atoms with van der Waals surface area (Å²) in [5.74, 6) is -0.591. The molecule has 0 bridgehead atoms. The van der Waals surface area contributed by atoms with Gasteiger partial charge < -0.3 is 19.7 Å². The highest BCUT2D eigenvalue weighted by molar-refractivity contribution is 7.89. The number of anilines is 2. The van der Waals surface area contributed by atoms with Crippen molar-refractivity contribution in [3.05, 3.63) is 83.7 Å². The van der Waals surface area contributed by atoms with Crippen LogP contribution >= 0.6 is 0 Å². The Hall–Kier alpha value is -3.80. The molecule has 3 aromatic carbocycles. The Bertz CT molecular complexity index is 1460. The Morgan fingerprint density at radius 1 is 1.03 bits per heavy atom. The van der Waals surface area contributed by atoms with Crippen molar-refractivity contribution in [2.24, 2.45) is 0 Å². The Morgan fingerprint density at radius 2 is 1.71 bits per heavy atom. The van der Waals surface area contributed by atoms with E-state index in [1.165, 1.54) is 45.6 Å². The molecule has 1 unspecified atom stereocenters. The number of sulfonamides is 1. The predicted octanol–water partition coefficient (Wildman–Crippen LogP) is 3.41. The number of nitrogens with one attached hydrogen (secondary N) is 1. The second kappa shape index (κ2) is 10.5. The molecular weight excluding hydrogens is 513 g/mol. The van der Waals surface area contributed by atoms with Crippen molar-refractivity contribution in [1.82, 2.24) is 4.31 Å². The number of nitrogens with zero attached hydrogens (tertiary/aromatic N) is 2. The highest BCUT2D eigenvalue weighted by Gasteiger charge is 2.32. The van der Waals surface area contributed by atoms with Crippen LogP contribution in [0, 0.1) is 5.82 Å². The van der Waals surface area contributed by atoms with E-state index in [0.717, 1.165) is 5.56 Å². The monoisotopic (exact) mass is 539 g/mol. The number of rotatable bonds is 6. The second-order valence-electron chi connectivity index (χ2n) is 8.99. The van der Waals surface area contributed by atoms with Crippen LogP contribution in [0.1, 0.15) is 22.8 Å². The van der Waals surface area contributed by atoms with Crippen LogP contribution in [0.15, 0.2) is 71.6 Å². The summed E-state index contributed by atoms with van der Waals surface area (Å²) >= 11 is 0. The lowest BCUT2D eigenvalue weighted by Gasteiger charge is -2.33. The summed E-state index contributed by atoms with van der Waals surface area (Å²) < 4.78 is 51.3. The number of fused-ring (bicyclic) bond motifs is 1. The third-order valence-corrected chi connectivity index (χ3v) is 8.32. The molecular formula is C27H26FN3O6S. The average Bonchev–Trinajstić information content (AvgIpc) is 2.93. The van der Waals surface area contributed by atoms with E-state index in [9.17, 15) is 22.4 Å². The van der Waals surface area contributed by atoms with Gasteiger partial charge in [-0.2, -0.15) is 4.31 Å². The molecule has 2 aliphatic rings. The summed E-state index contributed by atoms with van der Waals surface area (Å²) in [4.78, 5) is 27.5. The van der Waals surface area contributed by atoms with E-state index in [1.807, 2.05) is 0 Å². The summed E-state index contributed by atoms with van der Waals surface area (Å²) in [6, 6.07) is 16.6. The van der Waals surface area contributed by atoms with Crippen LogP contribution in [-0.4, -0.2) is 56.9 Å². The predicted molar refractivity (Wildman–Crippen MR) is 138 cm³/mol. The van der Waals surface area contributed by atoms with Gasteiger partial charge in [0.2, 0.25) is 10.0 Å². The fraction of sp³-hybridized carbons (Fsp3) is 0.259. The highest BCUT2D eigenvalue weighted by Crippen LogP contribution is 2.37. The van der Waals surface area contributed by atoms with Crippen molar-refractivity contribution in [2.75, 3.05) is 36.5 Å². The number of benzene rings is 3. The normalized spacial score (nSPS) is 18.0. The first-order valence-corrected chi connectivity index (χ1v) is 13.5. The fourth-order valence-corrected chi connectivity index (χ4v) is 5.75. The molecule has 11 heteroatoms. The zero-order valence-electron chi connectivity index (χ0n) is 20.6. The summed E-state index contributed by atoms with van der Waals surface area (Å²) in [5, 5.41) is 2.79. The molecule has 2 aliphatic heterocycles. The molecule has 0 radical (unpaired) electrons. The van der Waals surface area contributed by atoms with E-state index in [-0.39, 0.29) is 41.8 Å². The molecule has 1 saturated heterocycles. The van der Waals surface area contributed by atoms with Crippen molar-refractivity contribution in [2.45, 2.75) is 24.5 Å². The number of hydrogen-bond acceptors (Lipinski definition) is 6. The Balaban J connectivity index is 1.34. The third-order valence-electron chi connectivity index (χ3n) is 6.40. The fourth-order valence-electron chi connectivity index (χ4n) is 4.34. The summed E-state index contributed by atoms with van der Waals surface area (Å²) in [6.45, 7) is 3.12. The Kier molecular flexibility index (Phi) is 7.15. The van der Waals surface area contributed by atoms with Crippen LogP contribution in [0.3, 0.4) is 0 Å². The van der Waals surface area contributed by atoms with Crippen molar-refractivity contribution in [3.8, 4) is 5.75 Å². The molecule has 38 heavy (non-hydrogen) atoms. The van der Waals surface area contributed by atoms with Gasteiger partial charge in [-0.25, -0.2) is 12.8 Å². The van der Waals surface area contributed by atoms with Crippen LogP contribution in [0.2, 0.25) is 0 Å². The van der Waals surface area contributed by atoms with Gasteiger partial charge in [0.05, 0.1) is 30.3 Å². The van der Waals surface area contributed by atoms with E-state index in [1.54, 1.807) is 37.3 Å². The molecule has 0 aromatic heterocycles. The molecule has 3 aromatic rings. The number of morpholine rings is 1. The number of hydrogen-bond donors (Lipinski definition) is 1. The maximum absolute atomic E-state index is 13.3. The molecule has 1 atom stereocenters. The maximum Gasteiger partial charge on any atom is 0.268 e. The summed E-state index contributed by atoms with van der Waals surface area (Å²) in [7, 11) is -3.67. The first-order chi connectivity index (χ1) is 18.2. The lowest BCUT2D eigenvalue weighted by atomic mass is 10.1. The van der Waals surface area contributed by atoms with Gasteiger partial charge in [0.15, 0.2) is 6.10 Å². The van der Waals surface area contributed by atoms with Gasteiger partial charge in [-0.05, 0) is 67.1 Å². The van der Waals surface area contributed by atoms with Crippen molar-refractivity contribution >= 4 is 33.2 Å². The molecule has 0 spiro atoms. The smallest absolute Gasteiger partial charge is 0.268 e. The largest absolute Gasteiger partial charge is 0.479 e. The van der Waals surface area contributed by atoms with Gasteiger partial charge in [-0.1, -0.05) is 12.1 Å². The zero-order valence-corrected chi connectivity index (χ0v) is 21.4. The van der Waals surface area contributed by atoms with Gasteiger partial charge in [0.1, 0.15) is 11.6 Å². The topological polar surface area (TPSA) is 105 Å². The van der Waals surface area contributed by atoms with Crippen molar-refractivity contribution < 1.29 is 31.9 Å². The van der Waals surface area contributed by atoms with E-state index >= 15 is 0 Å². The summed E-state index contributed by atoms with van der Waals surface area (Å²) in [6.07, 6.45) is -0.698. The quantitative estimate of drug-likeness (QED) is 0.515. The molecule has 0 aliphatic carbocycles. The van der Waals surface area contributed by atoms with Gasteiger partial charge in [-0.3, -0.25) is 9.59 Å². The number of carbonyl (C=O) groups is 2. The molecule has 2 amide bonds. The second-order valence-corrected chi connectivity index (χ2v) is 10.9. The first kappa shape index (κ1) is 25.8. The number of carbonyl (C=O) groups excluding carboxylic acids is 2. The maximum atomic E-state index is 13.3. The molecule has 2 heterocycles. The minimum Gasteiger partial charge on any atom is -0.479 e. The molecule has 0 saturated carbocycles. The number of amides is 2. The van der Waals surface area contributed by atoms with Gasteiger partial charge in [0, 0.05) is 24.3 Å². The Labute approximate surface area is 219 Å². The standard InChI is InChI=1S/C27H26FN3O6S/c1-18-27(33)31(17-19-2-6-21(28)7-3-19)24-16-22(8-11-25(24)37-18)29-26(32)20-4-9-23(10-5-20)38(34,35)30-12-14-36-15-13-30/h2-11,16,18H,12-15,17H2,1H3,(H,29,32). The van der Waals surface area contributed by atoms with E-state index in [4.69, 9.17) is 9.47 Å². The lowest BCUT2D eigenvalue weighted by Crippen LogP contribution is -2.44. The van der Waals surface area contributed by atoms with Crippen LogP contribution in [0.4, 0.5) is 15.8 Å². The van der Waals surface area contributed by atoms with E-state index < -0.39 is 22.0 Å². The Morgan fingerprint density at radius 3 is 2.39 bits per heavy atom. The molecule has 1 fully saturated rings. The minimum absolute atomic E-state index is 0.103. The first-order valence-electron chi connectivity index (χ1n) is 12.1. The lowest BCUT2D eigenvalue weighted by molar-refractivity contribution is -0.125. The molecule has 9 nitrogen and oxygen atoms in total. The van der Waals surface area contributed by atoms with Gasteiger partial charge in [-0.15, -0.1) is 0 Å². The SMILES string of the molecule is CC1Oc2ccc(NC(=O)c3ccc(S(=O)(=O)N4CCOCC4)cc3)cc2N(Cc2ccc(F)cc2)C1=O. The van der Waals surface area contributed by atoms with Crippen LogP contribution in [0.25, 0.3) is 0 Å². The van der Waals surface area contributed by atoms with E-state index in [0.29, 0.717) is 30.3 Å². The number of ether oxygens (including phenoxy) is 2. The summed E-state index contributed by atoms with van der Waals surface area (Å²) in [5.41, 5.74) is 1.91.